The minimum atomic E-state index is 0.307. The molecule has 1 saturated carbocycles. The Morgan fingerprint density at radius 3 is 2.58 bits per heavy atom. The van der Waals surface area contributed by atoms with Crippen molar-refractivity contribution >= 4 is 5.91 Å². The molecular weight excluding hydrogens is 300 g/mol. The van der Waals surface area contributed by atoms with E-state index in [1.807, 2.05) is 6.07 Å². The molecule has 2 fully saturated rings. The fourth-order valence-electron chi connectivity index (χ4n) is 3.91. The van der Waals surface area contributed by atoms with Crippen molar-refractivity contribution in [3.63, 3.8) is 0 Å². The van der Waals surface area contributed by atoms with E-state index in [2.05, 4.69) is 28.0 Å². The number of ether oxygens (including phenoxy) is 1. The van der Waals surface area contributed by atoms with Gasteiger partial charge in [-0.15, -0.1) is 0 Å². The van der Waals surface area contributed by atoms with Crippen LogP contribution >= 0.6 is 0 Å². The Kier molecular flexibility index (Phi) is 6.13. The molecule has 0 N–H and O–H groups in total. The molecule has 0 atom stereocenters. The number of hydrogen-bond acceptors (Lipinski definition) is 3. The maximum absolute atomic E-state index is 12.6. The third-order valence-electron chi connectivity index (χ3n) is 5.49. The number of piperazine rings is 1. The second-order valence-electron chi connectivity index (χ2n) is 7.10. The largest absolute Gasteiger partial charge is 0.497 e. The number of amides is 1. The van der Waals surface area contributed by atoms with Crippen LogP contribution in [0.2, 0.25) is 0 Å². The maximum Gasteiger partial charge on any atom is 0.225 e. The van der Waals surface area contributed by atoms with Crippen LogP contribution in [0.5, 0.6) is 5.75 Å². The molecule has 1 aromatic rings. The van der Waals surface area contributed by atoms with Gasteiger partial charge < -0.3 is 9.64 Å². The van der Waals surface area contributed by atoms with Gasteiger partial charge in [-0.2, -0.15) is 0 Å². The van der Waals surface area contributed by atoms with Crippen molar-refractivity contribution in [2.75, 3.05) is 39.8 Å². The molecule has 0 bridgehead atoms. The van der Waals surface area contributed by atoms with E-state index in [-0.39, 0.29) is 0 Å². The van der Waals surface area contributed by atoms with Gasteiger partial charge in [0.25, 0.3) is 0 Å². The fourth-order valence-corrected chi connectivity index (χ4v) is 3.91. The van der Waals surface area contributed by atoms with Gasteiger partial charge in [-0.3, -0.25) is 9.69 Å². The molecule has 1 amide bonds. The Labute approximate surface area is 145 Å². The van der Waals surface area contributed by atoms with Crippen molar-refractivity contribution in [1.82, 2.24) is 9.80 Å². The molecule has 1 saturated heterocycles. The molecule has 2 aliphatic rings. The molecule has 1 heterocycles. The molecule has 3 rings (SSSR count). The monoisotopic (exact) mass is 330 g/mol. The lowest BCUT2D eigenvalue weighted by Gasteiger charge is -2.37. The van der Waals surface area contributed by atoms with Crippen molar-refractivity contribution in [2.45, 2.75) is 38.5 Å². The number of carbonyl (C=O) groups is 1. The van der Waals surface area contributed by atoms with Crippen molar-refractivity contribution in [3.05, 3.63) is 29.8 Å². The predicted molar refractivity (Wildman–Crippen MR) is 96.3 cm³/mol. The highest BCUT2D eigenvalue weighted by molar-refractivity contribution is 5.79. The highest BCUT2D eigenvalue weighted by Crippen LogP contribution is 2.25. The molecule has 4 nitrogen and oxygen atoms in total. The van der Waals surface area contributed by atoms with Gasteiger partial charge in [0.15, 0.2) is 0 Å². The molecule has 0 radical (unpaired) electrons. The maximum atomic E-state index is 12.6. The molecule has 1 aromatic carbocycles. The molecular formula is C20H30N2O2. The molecule has 0 spiro atoms. The molecule has 132 valence electrons. The van der Waals surface area contributed by atoms with Gasteiger partial charge in [-0.05, 0) is 37.0 Å². The zero-order valence-electron chi connectivity index (χ0n) is 14.9. The Bertz CT molecular complexity index is 532. The third-order valence-corrected chi connectivity index (χ3v) is 5.49. The summed E-state index contributed by atoms with van der Waals surface area (Å²) >= 11 is 0. The predicted octanol–water partition coefficient (Wildman–Crippen LogP) is 2.96. The average molecular weight is 330 g/mol. The second-order valence-corrected chi connectivity index (χ2v) is 7.10. The smallest absolute Gasteiger partial charge is 0.225 e. The fraction of sp³-hybridized carbons (Fsp3) is 0.650. The molecule has 0 unspecified atom stereocenters. The number of nitrogens with zero attached hydrogens (tertiary/aromatic N) is 2. The summed E-state index contributed by atoms with van der Waals surface area (Å²) in [6.45, 7) is 4.85. The van der Waals surface area contributed by atoms with E-state index in [0.29, 0.717) is 11.8 Å². The molecule has 0 aromatic heterocycles. The van der Waals surface area contributed by atoms with Crippen LogP contribution in [0.3, 0.4) is 0 Å². The summed E-state index contributed by atoms with van der Waals surface area (Å²) < 4.78 is 5.29. The normalized spacial score (nSPS) is 20.1. The van der Waals surface area contributed by atoms with Crippen LogP contribution in [0.4, 0.5) is 0 Å². The number of hydrogen-bond donors (Lipinski definition) is 0. The lowest BCUT2D eigenvalue weighted by molar-refractivity contribution is -0.138. The van der Waals surface area contributed by atoms with Crippen molar-refractivity contribution in [1.29, 1.82) is 0 Å². The Hall–Kier alpha value is -1.55. The van der Waals surface area contributed by atoms with E-state index in [4.69, 9.17) is 4.74 Å². The van der Waals surface area contributed by atoms with Gasteiger partial charge in [0.2, 0.25) is 5.91 Å². The number of carbonyl (C=O) groups excluding carboxylic acids is 1. The first-order valence-electron chi connectivity index (χ1n) is 9.40. The molecule has 1 aliphatic carbocycles. The lowest BCUT2D eigenvalue weighted by Crippen LogP contribution is -2.50. The highest BCUT2D eigenvalue weighted by atomic mass is 16.5. The van der Waals surface area contributed by atoms with Crippen LogP contribution in [-0.4, -0.2) is 55.5 Å². The van der Waals surface area contributed by atoms with Gasteiger partial charge >= 0.3 is 0 Å². The van der Waals surface area contributed by atoms with Gasteiger partial charge in [-0.25, -0.2) is 0 Å². The van der Waals surface area contributed by atoms with Gasteiger partial charge in [0, 0.05) is 38.6 Å². The average Bonchev–Trinajstić information content (AvgIpc) is 2.67. The lowest BCUT2D eigenvalue weighted by atomic mass is 9.88. The Morgan fingerprint density at radius 2 is 1.88 bits per heavy atom. The first-order valence-corrected chi connectivity index (χ1v) is 9.40. The van der Waals surface area contributed by atoms with E-state index in [1.165, 1.54) is 24.8 Å². The first-order chi connectivity index (χ1) is 11.8. The quantitative estimate of drug-likeness (QED) is 0.832. The number of rotatable bonds is 5. The van der Waals surface area contributed by atoms with E-state index in [0.717, 1.165) is 57.7 Å². The molecule has 24 heavy (non-hydrogen) atoms. The van der Waals surface area contributed by atoms with Gasteiger partial charge in [-0.1, -0.05) is 31.4 Å². The standard InChI is InChI=1S/C20H30N2O2/c1-24-19-9-5-6-17(16-19)10-11-21-12-14-22(15-13-21)20(23)18-7-3-2-4-8-18/h5-6,9,16,18H,2-4,7-8,10-15H2,1H3. The summed E-state index contributed by atoms with van der Waals surface area (Å²) in [5.74, 6) is 1.65. The van der Waals surface area contributed by atoms with Crippen molar-refractivity contribution in [2.24, 2.45) is 5.92 Å². The van der Waals surface area contributed by atoms with Gasteiger partial charge in [0.1, 0.15) is 5.75 Å². The van der Waals surface area contributed by atoms with Crippen LogP contribution in [0.15, 0.2) is 24.3 Å². The summed E-state index contributed by atoms with van der Waals surface area (Å²) in [7, 11) is 1.71. The topological polar surface area (TPSA) is 32.8 Å². The number of benzene rings is 1. The summed E-state index contributed by atoms with van der Waals surface area (Å²) in [6, 6.07) is 8.31. The van der Waals surface area contributed by atoms with Crippen LogP contribution in [0, 0.1) is 5.92 Å². The zero-order valence-corrected chi connectivity index (χ0v) is 14.9. The van der Waals surface area contributed by atoms with E-state index in [9.17, 15) is 4.79 Å². The molecule has 1 aliphatic heterocycles. The van der Waals surface area contributed by atoms with Crippen LogP contribution < -0.4 is 4.74 Å². The van der Waals surface area contributed by atoms with Crippen LogP contribution in [0.1, 0.15) is 37.7 Å². The highest BCUT2D eigenvalue weighted by Gasteiger charge is 2.28. The van der Waals surface area contributed by atoms with Crippen LogP contribution in [-0.2, 0) is 11.2 Å². The minimum Gasteiger partial charge on any atom is -0.497 e. The number of methoxy groups -OCH3 is 1. The summed E-state index contributed by atoms with van der Waals surface area (Å²) in [6.07, 6.45) is 7.02. The Balaban J connectivity index is 1.42. The SMILES string of the molecule is COc1cccc(CCN2CCN(C(=O)C3CCCCC3)CC2)c1. The van der Waals surface area contributed by atoms with E-state index >= 15 is 0 Å². The van der Waals surface area contributed by atoms with Crippen molar-refractivity contribution < 1.29 is 9.53 Å². The molecule has 4 heteroatoms. The summed E-state index contributed by atoms with van der Waals surface area (Å²) in [4.78, 5) is 17.2. The first kappa shape index (κ1) is 17.3. The third kappa shape index (κ3) is 4.50. The second kappa shape index (κ2) is 8.52. The van der Waals surface area contributed by atoms with Crippen molar-refractivity contribution in [3.8, 4) is 5.75 Å². The van der Waals surface area contributed by atoms with E-state index < -0.39 is 0 Å². The Morgan fingerprint density at radius 1 is 1.12 bits per heavy atom. The minimum absolute atomic E-state index is 0.307. The van der Waals surface area contributed by atoms with E-state index in [1.54, 1.807) is 7.11 Å². The van der Waals surface area contributed by atoms with Crippen LogP contribution in [0.25, 0.3) is 0 Å². The van der Waals surface area contributed by atoms with Gasteiger partial charge in [0.05, 0.1) is 7.11 Å². The summed E-state index contributed by atoms with van der Waals surface area (Å²) in [5, 5.41) is 0. The zero-order chi connectivity index (χ0) is 16.8. The summed E-state index contributed by atoms with van der Waals surface area (Å²) in [5.41, 5.74) is 1.31.